The number of hydrogen-bond donors (Lipinski definition) is 0. The van der Waals surface area contributed by atoms with Crippen LogP contribution in [0.25, 0.3) is 22.3 Å². The van der Waals surface area contributed by atoms with E-state index in [9.17, 15) is 4.39 Å². The molecule has 2 nitrogen and oxygen atoms in total. The molecule has 1 heterocycles. The van der Waals surface area contributed by atoms with Gasteiger partial charge in [0.05, 0.1) is 13.2 Å². The lowest BCUT2D eigenvalue weighted by Gasteiger charge is -2.29. The van der Waals surface area contributed by atoms with E-state index in [1.807, 2.05) is 0 Å². The normalized spacial score (nSPS) is 17.2. The van der Waals surface area contributed by atoms with Crippen molar-refractivity contribution in [3.63, 3.8) is 0 Å². The van der Waals surface area contributed by atoms with Crippen LogP contribution in [0.3, 0.4) is 0 Å². The quantitative estimate of drug-likeness (QED) is 0.142. The van der Waals surface area contributed by atoms with Crippen LogP contribution in [-0.4, -0.2) is 13.2 Å². The summed E-state index contributed by atoms with van der Waals surface area (Å²) in [5.74, 6) is -3.45. The van der Waals surface area contributed by atoms with Crippen LogP contribution in [0.15, 0.2) is 48.5 Å². The maximum atomic E-state index is 15.1. The topological polar surface area (TPSA) is 18.5 Å². The van der Waals surface area contributed by atoms with Crippen molar-refractivity contribution in [3.05, 3.63) is 82.9 Å². The van der Waals surface area contributed by atoms with Crippen LogP contribution >= 0.6 is 0 Å². The monoisotopic (exact) mass is 570 g/mol. The van der Waals surface area contributed by atoms with Crippen molar-refractivity contribution in [3.8, 4) is 22.3 Å². The Labute approximate surface area is 242 Å². The Morgan fingerprint density at radius 3 is 1.71 bits per heavy atom. The molecular formula is C35H42F4O2. The van der Waals surface area contributed by atoms with Gasteiger partial charge in [-0.15, -0.1) is 0 Å². The van der Waals surface area contributed by atoms with Crippen molar-refractivity contribution >= 4 is 0 Å². The molecule has 0 unspecified atom stereocenters. The number of halogens is 4. The molecule has 0 N–H and O–H groups in total. The zero-order valence-electron chi connectivity index (χ0n) is 24.3. The van der Waals surface area contributed by atoms with Crippen LogP contribution in [0.4, 0.5) is 17.6 Å². The minimum atomic E-state index is -1.01. The number of hydrogen-bond acceptors (Lipinski definition) is 2. The molecule has 1 aliphatic heterocycles. The maximum absolute atomic E-state index is 15.1. The summed E-state index contributed by atoms with van der Waals surface area (Å²) in [5.41, 5.74) is 1.53. The molecule has 0 saturated carbocycles. The minimum Gasteiger partial charge on any atom is -0.348 e. The summed E-state index contributed by atoms with van der Waals surface area (Å²) in [5, 5.41) is 0. The number of unbranched alkanes of at least 4 members (excludes halogenated alkanes) is 7. The van der Waals surface area contributed by atoms with Gasteiger partial charge in [-0.3, -0.25) is 0 Å². The Morgan fingerprint density at radius 2 is 1.12 bits per heavy atom. The third-order valence-corrected chi connectivity index (χ3v) is 8.00. The van der Waals surface area contributed by atoms with Crippen LogP contribution in [-0.2, 0) is 15.9 Å². The highest BCUT2D eigenvalue weighted by atomic mass is 19.2. The van der Waals surface area contributed by atoms with E-state index in [-0.39, 0.29) is 22.6 Å². The molecular weight excluding hydrogens is 528 g/mol. The van der Waals surface area contributed by atoms with E-state index in [1.54, 1.807) is 36.4 Å². The summed E-state index contributed by atoms with van der Waals surface area (Å²) in [6.07, 6.45) is 10.7. The lowest BCUT2D eigenvalue weighted by molar-refractivity contribution is -0.207. The SMILES string of the molecule is CCCCCCCCCCc1ccc(-c2ccc(-c3ccc(C4OCC(CCC)CO4)c(F)c3F)cc2)c(F)c1F. The highest BCUT2D eigenvalue weighted by Gasteiger charge is 2.27. The molecule has 1 fully saturated rings. The molecule has 0 atom stereocenters. The Bertz CT molecular complexity index is 1250. The van der Waals surface area contributed by atoms with Crippen LogP contribution in [0.5, 0.6) is 0 Å². The van der Waals surface area contributed by atoms with E-state index in [0.29, 0.717) is 36.3 Å². The average molecular weight is 571 g/mol. The molecule has 3 aromatic carbocycles. The molecule has 1 saturated heterocycles. The molecule has 1 aliphatic rings. The number of rotatable bonds is 14. The van der Waals surface area contributed by atoms with Gasteiger partial charge in [0, 0.05) is 22.6 Å². The third kappa shape index (κ3) is 7.98. The number of aryl methyl sites for hydroxylation is 1. The first kappa shape index (κ1) is 31.2. The fraction of sp³-hybridized carbons (Fsp3) is 0.486. The van der Waals surface area contributed by atoms with Crippen LogP contribution in [0.2, 0.25) is 0 Å². The van der Waals surface area contributed by atoms with E-state index in [1.165, 1.54) is 44.2 Å². The number of ether oxygens (including phenoxy) is 2. The van der Waals surface area contributed by atoms with Gasteiger partial charge < -0.3 is 9.47 Å². The largest absolute Gasteiger partial charge is 0.348 e. The molecule has 0 aromatic heterocycles. The molecule has 41 heavy (non-hydrogen) atoms. The average Bonchev–Trinajstić information content (AvgIpc) is 2.99. The summed E-state index contributed by atoms with van der Waals surface area (Å²) >= 11 is 0. The van der Waals surface area contributed by atoms with E-state index in [4.69, 9.17) is 9.47 Å². The summed E-state index contributed by atoms with van der Waals surface area (Å²) in [6.45, 7) is 5.17. The van der Waals surface area contributed by atoms with Gasteiger partial charge in [0.2, 0.25) is 0 Å². The molecule has 3 aromatic rings. The lowest BCUT2D eigenvalue weighted by atomic mass is 9.96. The highest BCUT2D eigenvalue weighted by molar-refractivity contribution is 5.71. The second kappa shape index (κ2) is 15.5. The Kier molecular flexibility index (Phi) is 11.8. The fourth-order valence-corrected chi connectivity index (χ4v) is 5.55. The van der Waals surface area contributed by atoms with Gasteiger partial charge in [0.1, 0.15) is 0 Å². The van der Waals surface area contributed by atoms with Gasteiger partial charge in [0.25, 0.3) is 0 Å². The number of benzene rings is 3. The van der Waals surface area contributed by atoms with Crippen LogP contribution in [0, 0.1) is 29.2 Å². The van der Waals surface area contributed by atoms with Gasteiger partial charge in [-0.25, -0.2) is 17.6 Å². The smallest absolute Gasteiger partial charge is 0.186 e. The van der Waals surface area contributed by atoms with Gasteiger partial charge in [-0.1, -0.05) is 114 Å². The standard InChI is InChI=1S/C35H42F4O2/c1-3-5-6-7-8-9-10-11-13-27-18-19-28(32(37)31(27)36)25-14-16-26(17-15-25)29-20-21-30(34(39)33(29)38)35-40-22-24(12-4-2)23-41-35/h14-21,24,35H,3-13,22-23H2,1-2H3. The van der Waals surface area contributed by atoms with Crippen LogP contribution in [0.1, 0.15) is 95.5 Å². The molecule has 0 aliphatic carbocycles. The second-order valence-corrected chi connectivity index (χ2v) is 11.2. The molecule has 4 rings (SSSR count). The van der Waals surface area contributed by atoms with E-state index in [2.05, 4.69) is 13.8 Å². The Hall–Kier alpha value is -2.70. The van der Waals surface area contributed by atoms with Gasteiger partial charge in [0.15, 0.2) is 29.6 Å². The Morgan fingerprint density at radius 1 is 0.585 bits per heavy atom. The van der Waals surface area contributed by atoms with Gasteiger partial charge in [-0.05, 0) is 36.0 Å². The zero-order valence-corrected chi connectivity index (χ0v) is 24.3. The first-order valence-corrected chi connectivity index (χ1v) is 15.2. The summed E-state index contributed by atoms with van der Waals surface area (Å²) < 4.78 is 71.3. The van der Waals surface area contributed by atoms with E-state index < -0.39 is 29.6 Å². The van der Waals surface area contributed by atoms with Crippen molar-refractivity contribution in [1.82, 2.24) is 0 Å². The van der Waals surface area contributed by atoms with Crippen LogP contribution < -0.4 is 0 Å². The van der Waals surface area contributed by atoms with E-state index in [0.717, 1.165) is 32.1 Å². The predicted molar refractivity (Wildman–Crippen MR) is 157 cm³/mol. The van der Waals surface area contributed by atoms with Crippen molar-refractivity contribution in [2.24, 2.45) is 5.92 Å². The van der Waals surface area contributed by atoms with Crippen molar-refractivity contribution in [2.45, 2.75) is 90.8 Å². The van der Waals surface area contributed by atoms with Crippen molar-refractivity contribution in [1.29, 1.82) is 0 Å². The molecule has 0 bridgehead atoms. The highest BCUT2D eigenvalue weighted by Crippen LogP contribution is 2.35. The molecule has 222 valence electrons. The molecule has 0 spiro atoms. The molecule has 0 radical (unpaired) electrons. The second-order valence-electron chi connectivity index (χ2n) is 11.2. The summed E-state index contributed by atoms with van der Waals surface area (Å²) in [4.78, 5) is 0. The summed E-state index contributed by atoms with van der Waals surface area (Å²) in [7, 11) is 0. The summed E-state index contributed by atoms with van der Waals surface area (Å²) in [6, 6.07) is 12.6. The first-order valence-electron chi connectivity index (χ1n) is 15.2. The Balaban J connectivity index is 1.39. The lowest BCUT2D eigenvalue weighted by Crippen LogP contribution is -2.27. The van der Waals surface area contributed by atoms with Crippen molar-refractivity contribution < 1.29 is 27.0 Å². The molecule has 0 amide bonds. The minimum absolute atomic E-state index is 0.0300. The zero-order chi connectivity index (χ0) is 29.2. The van der Waals surface area contributed by atoms with E-state index >= 15 is 13.2 Å². The fourth-order valence-electron chi connectivity index (χ4n) is 5.55. The van der Waals surface area contributed by atoms with Crippen molar-refractivity contribution in [2.75, 3.05) is 13.2 Å². The molecule has 6 heteroatoms. The first-order chi connectivity index (χ1) is 19.9. The maximum Gasteiger partial charge on any atom is 0.186 e. The predicted octanol–water partition coefficient (Wildman–Crippen LogP) is 10.7. The van der Waals surface area contributed by atoms with Gasteiger partial charge in [-0.2, -0.15) is 0 Å². The van der Waals surface area contributed by atoms with Gasteiger partial charge >= 0.3 is 0 Å². The third-order valence-electron chi connectivity index (χ3n) is 8.00.